The highest BCUT2D eigenvalue weighted by molar-refractivity contribution is 14.1. The van der Waals surface area contributed by atoms with Gasteiger partial charge in [-0.25, -0.2) is 4.79 Å². The Morgan fingerprint density at radius 3 is 2.78 bits per heavy atom. The van der Waals surface area contributed by atoms with E-state index in [9.17, 15) is 9.59 Å². The Morgan fingerprint density at radius 1 is 1.44 bits per heavy atom. The van der Waals surface area contributed by atoms with Crippen LogP contribution in [0.3, 0.4) is 0 Å². The van der Waals surface area contributed by atoms with E-state index < -0.39 is 5.97 Å². The molecule has 1 aliphatic rings. The van der Waals surface area contributed by atoms with Crippen LogP contribution < -0.4 is 10.1 Å². The zero-order valence-electron chi connectivity index (χ0n) is 9.48. The number of ether oxygens (including phenoxy) is 1. The van der Waals surface area contributed by atoms with Gasteiger partial charge in [0, 0.05) is 9.61 Å². The number of carboxylic acids is 1. The fraction of sp³-hybridized carbons (Fsp3) is 0.333. The van der Waals surface area contributed by atoms with Crippen molar-refractivity contribution in [1.82, 2.24) is 5.32 Å². The van der Waals surface area contributed by atoms with Gasteiger partial charge >= 0.3 is 5.97 Å². The summed E-state index contributed by atoms with van der Waals surface area (Å²) in [6.45, 7) is -0.155. The van der Waals surface area contributed by atoms with E-state index in [1.54, 1.807) is 12.1 Å². The van der Waals surface area contributed by atoms with Gasteiger partial charge in [0.2, 0.25) is 0 Å². The molecule has 0 aromatic heterocycles. The normalized spacial score (nSPS) is 14.1. The third kappa shape index (κ3) is 3.59. The van der Waals surface area contributed by atoms with Gasteiger partial charge in [-0.3, -0.25) is 4.79 Å². The number of benzene rings is 1. The van der Waals surface area contributed by atoms with Gasteiger partial charge in [-0.2, -0.15) is 0 Å². The van der Waals surface area contributed by atoms with Crippen LogP contribution in [-0.4, -0.2) is 29.6 Å². The first-order valence-corrected chi connectivity index (χ1v) is 6.59. The van der Waals surface area contributed by atoms with E-state index in [2.05, 4.69) is 5.32 Å². The first-order chi connectivity index (χ1) is 8.56. The van der Waals surface area contributed by atoms with Crippen molar-refractivity contribution in [3.05, 3.63) is 27.3 Å². The average Bonchev–Trinajstić information content (AvgIpc) is 3.11. The highest BCUT2D eigenvalue weighted by atomic mass is 127. The molecule has 0 aliphatic heterocycles. The van der Waals surface area contributed by atoms with E-state index >= 15 is 0 Å². The SMILES string of the molecule is O=C(COc1ccc(I)cc1C(=O)O)NC1CC1. The summed E-state index contributed by atoms with van der Waals surface area (Å²) < 4.78 is 6.05. The molecule has 0 bridgehead atoms. The second-order valence-electron chi connectivity index (χ2n) is 4.08. The quantitative estimate of drug-likeness (QED) is 0.782. The molecular formula is C12H12INO4. The Hall–Kier alpha value is -1.31. The van der Waals surface area contributed by atoms with E-state index in [-0.39, 0.29) is 29.9 Å². The lowest BCUT2D eigenvalue weighted by Crippen LogP contribution is -2.30. The second-order valence-corrected chi connectivity index (χ2v) is 5.32. The summed E-state index contributed by atoms with van der Waals surface area (Å²) >= 11 is 2.02. The fourth-order valence-corrected chi connectivity index (χ4v) is 1.93. The van der Waals surface area contributed by atoms with Gasteiger partial charge < -0.3 is 15.2 Å². The number of halogens is 1. The summed E-state index contributed by atoms with van der Waals surface area (Å²) in [5.74, 6) is -1.06. The van der Waals surface area contributed by atoms with E-state index in [4.69, 9.17) is 9.84 Å². The number of carbonyl (C=O) groups is 2. The summed E-state index contributed by atoms with van der Waals surface area (Å²) in [6.07, 6.45) is 2.02. The molecule has 96 valence electrons. The maximum Gasteiger partial charge on any atom is 0.339 e. The molecule has 0 unspecified atom stereocenters. The van der Waals surface area contributed by atoms with Gasteiger partial charge in [-0.1, -0.05) is 0 Å². The molecular weight excluding hydrogens is 349 g/mol. The van der Waals surface area contributed by atoms with Crippen LogP contribution in [0, 0.1) is 3.57 Å². The highest BCUT2D eigenvalue weighted by Crippen LogP contribution is 2.22. The standard InChI is InChI=1S/C12H12INO4/c13-7-1-4-10(9(5-7)12(16)17)18-6-11(15)14-8-2-3-8/h1,4-5,8H,2-3,6H2,(H,14,15)(H,16,17). The molecule has 0 spiro atoms. The van der Waals surface area contributed by atoms with Gasteiger partial charge in [0.15, 0.2) is 6.61 Å². The second kappa shape index (κ2) is 5.55. The highest BCUT2D eigenvalue weighted by Gasteiger charge is 2.23. The van der Waals surface area contributed by atoms with E-state index in [1.807, 2.05) is 22.6 Å². The molecule has 0 saturated heterocycles. The average molecular weight is 361 g/mol. The molecule has 2 rings (SSSR count). The predicted molar refractivity (Wildman–Crippen MR) is 72.8 cm³/mol. The van der Waals surface area contributed by atoms with Crippen LogP contribution in [0.4, 0.5) is 0 Å². The number of carbonyl (C=O) groups excluding carboxylic acids is 1. The molecule has 18 heavy (non-hydrogen) atoms. The first kappa shape index (κ1) is 13.1. The van der Waals surface area contributed by atoms with Crippen LogP contribution in [0.25, 0.3) is 0 Å². The maximum atomic E-state index is 11.4. The zero-order valence-corrected chi connectivity index (χ0v) is 11.6. The minimum atomic E-state index is -1.06. The van der Waals surface area contributed by atoms with Crippen LogP contribution in [0.15, 0.2) is 18.2 Å². The fourth-order valence-electron chi connectivity index (χ4n) is 1.44. The monoisotopic (exact) mass is 361 g/mol. The minimum absolute atomic E-state index is 0.0705. The Morgan fingerprint density at radius 2 is 2.17 bits per heavy atom. The molecule has 1 aliphatic carbocycles. The van der Waals surface area contributed by atoms with Crippen LogP contribution in [0.1, 0.15) is 23.2 Å². The molecule has 1 aromatic rings. The lowest BCUT2D eigenvalue weighted by Gasteiger charge is -2.09. The van der Waals surface area contributed by atoms with E-state index in [1.165, 1.54) is 6.07 Å². The summed E-state index contributed by atoms with van der Waals surface area (Å²) in [6, 6.07) is 5.09. The largest absolute Gasteiger partial charge is 0.483 e. The smallest absolute Gasteiger partial charge is 0.339 e. The molecule has 0 atom stereocenters. The molecule has 0 heterocycles. The van der Waals surface area contributed by atoms with E-state index in [0.717, 1.165) is 16.4 Å². The lowest BCUT2D eigenvalue weighted by atomic mass is 10.2. The number of hydrogen-bond donors (Lipinski definition) is 2. The molecule has 6 heteroatoms. The maximum absolute atomic E-state index is 11.4. The van der Waals surface area contributed by atoms with Crippen LogP contribution in [0.2, 0.25) is 0 Å². The van der Waals surface area contributed by atoms with Gasteiger partial charge in [0.05, 0.1) is 0 Å². The van der Waals surface area contributed by atoms with Crippen molar-refractivity contribution in [3.63, 3.8) is 0 Å². The van der Waals surface area contributed by atoms with Crippen LogP contribution >= 0.6 is 22.6 Å². The third-order valence-corrected chi connectivity index (χ3v) is 3.14. The van der Waals surface area contributed by atoms with Crippen molar-refractivity contribution in [2.45, 2.75) is 18.9 Å². The van der Waals surface area contributed by atoms with Gasteiger partial charge in [-0.15, -0.1) is 0 Å². The number of hydrogen-bond acceptors (Lipinski definition) is 3. The summed E-state index contributed by atoms with van der Waals surface area (Å²) in [5, 5.41) is 11.8. The number of amides is 1. The Bertz CT molecular complexity index is 485. The number of aromatic carboxylic acids is 1. The molecule has 1 fully saturated rings. The van der Waals surface area contributed by atoms with Crippen molar-refractivity contribution in [2.75, 3.05) is 6.61 Å². The third-order valence-electron chi connectivity index (χ3n) is 2.47. The minimum Gasteiger partial charge on any atom is -0.483 e. The summed E-state index contributed by atoms with van der Waals surface area (Å²) in [4.78, 5) is 22.5. The summed E-state index contributed by atoms with van der Waals surface area (Å²) in [7, 11) is 0. The number of carboxylic acid groups (broad SMARTS) is 1. The molecule has 1 saturated carbocycles. The summed E-state index contributed by atoms with van der Waals surface area (Å²) in [5.41, 5.74) is 0.0705. The number of rotatable bonds is 5. The molecule has 2 N–H and O–H groups in total. The molecule has 1 aromatic carbocycles. The topological polar surface area (TPSA) is 75.6 Å². The van der Waals surface area contributed by atoms with Crippen molar-refractivity contribution in [1.29, 1.82) is 0 Å². The molecule has 5 nitrogen and oxygen atoms in total. The van der Waals surface area contributed by atoms with Crippen molar-refractivity contribution < 1.29 is 19.4 Å². The first-order valence-electron chi connectivity index (χ1n) is 5.51. The van der Waals surface area contributed by atoms with Gasteiger partial charge in [-0.05, 0) is 53.6 Å². The van der Waals surface area contributed by atoms with E-state index in [0.29, 0.717) is 0 Å². The van der Waals surface area contributed by atoms with Crippen molar-refractivity contribution in [3.8, 4) is 5.75 Å². The zero-order chi connectivity index (χ0) is 13.1. The molecule has 0 radical (unpaired) electrons. The van der Waals surface area contributed by atoms with Gasteiger partial charge in [0.25, 0.3) is 5.91 Å². The van der Waals surface area contributed by atoms with Gasteiger partial charge in [0.1, 0.15) is 11.3 Å². The lowest BCUT2D eigenvalue weighted by molar-refractivity contribution is -0.123. The van der Waals surface area contributed by atoms with Crippen LogP contribution in [0.5, 0.6) is 5.75 Å². The Kier molecular flexibility index (Phi) is 4.05. The van der Waals surface area contributed by atoms with Crippen LogP contribution in [-0.2, 0) is 4.79 Å². The molecule has 1 amide bonds. The Labute approximate surface area is 118 Å². The Balaban J connectivity index is 1.99. The van der Waals surface area contributed by atoms with Crippen molar-refractivity contribution in [2.24, 2.45) is 0 Å². The predicted octanol–water partition coefficient (Wildman–Crippen LogP) is 1.65. The van der Waals surface area contributed by atoms with Crippen molar-refractivity contribution >= 4 is 34.5 Å². The number of nitrogens with one attached hydrogen (secondary N) is 1.